The monoisotopic (exact) mass is 395 g/mol. The average Bonchev–Trinajstić information content (AvgIpc) is 3.31. The van der Waals surface area contributed by atoms with E-state index in [2.05, 4.69) is 20.8 Å². The molecule has 1 atom stereocenters. The zero-order valence-corrected chi connectivity index (χ0v) is 15.9. The van der Waals surface area contributed by atoms with Gasteiger partial charge in [0.05, 0.1) is 11.8 Å². The number of aromatic nitrogens is 2. The van der Waals surface area contributed by atoms with Gasteiger partial charge in [-0.15, -0.1) is 0 Å². The molecule has 29 heavy (non-hydrogen) atoms. The Morgan fingerprint density at radius 3 is 2.90 bits per heavy atom. The molecule has 0 saturated carbocycles. The molecule has 0 aliphatic carbocycles. The molecule has 1 aromatic carbocycles. The van der Waals surface area contributed by atoms with Crippen LogP contribution in [0, 0.1) is 0 Å². The SMILES string of the molecule is CCc1[nH]ncc1C(=O)NCc1ccc2c(c1)C(=O)N(C1CCC(=O)NC1=O)C2. The van der Waals surface area contributed by atoms with E-state index in [-0.39, 0.29) is 30.7 Å². The van der Waals surface area contributed by atoms with E-state index in [4.69, 9.17) is 0 Å². The maximum atomic E-state index is 12.8. The Kier molecular flexibility index (Phi) is 4.87. The number of nitrogens with one attached hydrogen (secondary N) is 3. The van der Waals surface area contributed by atoms with Crippen LogP contribution >= 0.6 is 0 Å². The zero-order valence-electron chi connectivity index (χ0n) is 15.9. The maximum Gasteiger partial charge on any atom is 0.255 e. The van der Waals surface area contributed by atoms with Crippen molar-refractivity contribution in [1.82, 2.24) is 25.7 Å². The molecule has 0 spiro atoms. The first-order valence-corrected chi connectivity index (χ1v) is 9.54. The summed E-state index contributed by atoms with van der Waals surface area (Å²) < 4.78 is 0. The molecule has 4 rings (SSSR count). The molecule has 3 N–H and O–H groups in total. The van der Waals surface area contributed by atoms with E-state index in [9.17, 15) is 19.2 Å². The van der Waals surface area contributed by atoms with Crippen LogP contribution in [0.5, 0.6) is 0 Å². The summed E-state index contributed by atoms with van der Waals surface area (Å²) in [5, 5.41) is 11.8. The standard InChI is InChI=1S/C20H21N5O4/c1-2-15-14(9-22-24-15)18(27)21-8-11-3-4-12-10-25(20(29)13(12)7-11)16-5-6-17(26)23-19(16)28/h3-4,7,9,16H,2,5-6,8,10H2,1H3,(H,21,27)(H,22,24)(H,23,26,28). The largest absolute Gasteiger partial charge is 0.348 e. The number of fused-ring (bicyclic) bond motifs is 1. The highest BCUT2D eigenvalue weighted by atomic mass is 16.2. The Labute approximate surface area is 166 Å². The average molecular weight is 395 g/mol. The molecule has 2 aliphatic heterocycles. The van der Waals surface area contributed by atoms with Crippen LogP contribution in [0.1, 0.15) is 57.3 Å². The Balaban J connectivity index is 1.45. The third kappa shape index (κ3) is 3.51. The van der Waals surface area contributed by atoms with Gasteiger partial charge in [-0.1, -0.05) is 19.1 Å². The molecule has 3 heterocycles. The van der Waals surface area contributed by atoms with Gasteiger partial charge in [-0.3, -0.25) is 29.6 Å². The van der Waals surface area contributed by atoms with Crippen molar-refractivity contribution in [3.8, 4) is 0 Å². The Hall–Kier alpha value is -3.49. The molecule has 0 bridgehead atoms. The van der Waals surface area contributed by atoms with E-state index >= 15 is 0 Å². The van der Waals surface area contributed by atoms with Gasteiger partial charge in [-0.25, -0.2) is 0 Å². The molecule has 2 aromatic rings. The number of hydrogen-bond donors (Lipinski definition) is 3. The van der Waals surface area contributed by atoms with Crippen molar-refractivity contribution in [3.05, 3.63) is 52.3 Å². The third-order valence-electron chi connectivity index (χ3n) is 5.36. The van der Waals surface area contributed by atoms with Gasteiger partial charge in [0.2, 0.25) is 11.8 Å². The van der Waals surface area contributed by atoms with Crippen LogP contribution in [0.4, 0.5) is 0 Å². The van der Waals surface area contributed by atoms with E-state index in [1.165, 1.54) is 11.1 Å². The summed E-state index contributed by atoms with van der Waals surface area (Å²) in [5.74, 6) is -1.20. The Morgan fingerprint density at radius 1 is 1.31 bits per heavy atom. The number of aromatic amines is 1. The number of imide groups is 1. The highest BCUT2D eigenvalue weighted by molar-refractivity contribution is 6.05. The minimum atomic E-state index is -0.635. The predicted octanol–water partition coefficient (Wildman–Crippen LogP) is 0.663. The van der Waals surface area contributed by atoms with Gasteiger partial charge in [-0.2, -0.15) is 5.10 Å². The lowest BCUT2D eigenvalue weighted by Crippen LogP contribution is -2.52. The Bertz CT molecular complexity index is 1010. The quantitative estimate of drug-likeness (QED) is 0.642. The lowest BCUT2D eigenvalue weighted by molar-refractivity contribution is -0.136. The first-order valence-electron chi connectivity index (χ1n) is 9.54. The molecule has 1 fully saturated rings. The van der Waals surface area contributed by atoms with Crippen LogP contribution in [-0.4, -0.2) is 44.8 Å². The number of carbonyl (C=O) groups is 4. The second-order valence-corrected chi connectivity index (χ2v) is 7.19. The third-order valence-corrected chi connectivity index (χ3v) is 5.36. The van der Waals surface area contributed by atoms with Crippen molar-refractivity contribution in [2.24, 2.45) is 0 Å². The van der Waals surface area contributed by atoms with Crippen LogP contribution in [-0.2, 0) is 29.1 Å². The fraction of sp³-hybridized carbons (Fsp3) is 0.350. The summed E-state index contributed by atoms with van der Waals surface area (Å²) in [6.45, 7) is 2.54. The highest BCUT2D eigenvalue weighted by Crippen LogP contribution is 2.28. The molecule has 1 unspecified atom stereocenters. The number of H-pyrrole nitrogens is 1. The van der Waals surface area contributed by atoms with E-state index in [0.29, 0.717) is 30.5 Å². The number of piperidine rings is 1. The molecular formula is C20H21N5O4. The minimum absolute atomic E-state index is 0.224. The lowest BCUT2D eigenvalue weighted by Gasteiger charge is -2.29. The molecule has 9 nitrogen and oxygen atoms in total. The highest BCUT2D eigenvalue weighted by Gasteiger charge is 2.39. The number of aryl methyl sites for hydroxylation is 1. The van der Waals surface area contributed by atoms with Crippen molar-refractivity contribution in [2.75, 3.05) is 0 Å². The topological polar surface area (TPSA) is 124 Å². The van der Waals surface area contributed by atoms with Gasteiger partial charge in [0.1, 0.15) is 6.04 Å². The number of hydrogen-bond acceptors (Lipinski definition) is 5. The van der Waals surface area contributed by atoms with Gasteiger partial charge in [0.15, 0.2) is 0 Å². The van der Waals surface area contributed by atoms with Crippen molar-refractivity contribution in [1.29, 1.82) is 0 Å². The minimum Gasteiger partial charge on any atom is -0.348 e. The van der Waals surface area contributed by atoms with Crippen LogP contribution in [0.2, 0.25) is 0 Å². The van der Waals surface area contributed by atoms with Crippen molar-refractivity contribution in [2.45, 2.75) is 45.3 Å². The number of benzene rings is 1. The summed E-state index contributed by atoms with van der Waals surface area (Å²) in [5.41, 5.74) is 3.43. The molecular weight excluding hydrogens is 374 g/mol. The van der Waals surface area contributed by atoms with Gasteiger partial charge < -0.3 is 10.2 Å². The van der Waals surface area contributed by atoms with Crippen molar-refractivity contribution >= 4 is 23.6 Å². The molecule has 9 heteroatoms. The van der Waals surface area contributed by atoms with E-state index in [0.717, 1.165) is 16.8 Å². The first kappa shape index (κ1) is 18.9. The molecule has 0 radical (unpaired) electrons. The summed E-state index contributed by atoms with van der Waals surface area (Å²) in [6, 6.07) is 4.82. The fourth-order valence-corrected chi connectivity index (χ4v) is 3.77. The number of amides is 4. The normalized spacial score (nSPS) is 18.6. The summed E-state index contributed by atoms with van der Waals surface area (Å²) >= 11 is 0. The Morgan fingerprint density at radius 2 is 2.14 bits per heavy atom. The smallest absolute Gasteiger partial charge is 0.255 e. The van der Waals surface area contributed by atoms with Crippen molar-refractivity contribution in [3.63, 3.8) is 0 Å². The maximum absolute atomic E-state index is 12.8. The summed E-state index contributed by atoms with van der Waals surface area (Å²) in [7, 11) is 0. The van der Waals surface area contributed by atoms with Crippen LogP contribution in [0.15, 0.2) is 24.4 Å². The molecule has 1 aromatic heterocycles. The van der Waals surface area contributed by atoms with Crippen LogP contribution in [0.3, 0.4) is 0 Å². The van der Waals surface area contributed by atoms with Gasteiger partial charge in [-0.05, 0) is 30.0 Å². The molecule has 150 valence electrons. The second kappa shape index (κ2) is 7.50. The van der Waals surface area contributed by atoms with E-state index < -0.39 is 11.9 Å². The van der Waals surface area contributed by atoms with Gasteiger partial charge in [0, 0.05) is 30.8 Å². The molecule has 4 amide bonds. The zero-order chi connectivity index (χ0) is 20.5. The summed E-state index contributed by atoms with van der Waals surface area (Å²) in [4.78, 5) is 50.2. The van der Waals surface area contributed by atoms with Crippen LogP contribution < -0.4 is 10.6 Å². The number of nitrogens with zero attached hydrogens (tertiary/aromatic N) is 2. The van der Waals surface area contributed by atoms with Gasteiger partial charge >= 0.3 is 0 Å². The lowest BCUT2D eigenvalue weighted by atomic mass is 10.0. The molecule has 2 aliphatic rings. The second-order valence-electron chi connectivity index (χ2n) is 7.19. The van der Waals surface area contributed by atoms with Crippen LogP contribution in [0.25, 0.3) is 0 Å². The van der Waals surface area contributed by atoms with Gasteiger partial charge in [0.25, 0.3) is 11.8 Å². The van der Waals surface area contributed by atoms with Crippen molar-refractivity contribution < 1.29 is 19.2 Å². The first-order chi connectivity index (χ1) is 14.0. The van der Waals surface area contributed by atoms with E-state index in [1.54, 1.807) is 6.07 Å². The van der Waals surface area contributed by atoms with E-state index in [1.807, 2.05) is 19.1 Å². The fourth-order valence-electron chi connectivity index (χ4n) is 3.77. The predicted molar refractivity (Wildman–Crippen MR) is 102 cm³/mol. The number of carbonyl (C=O) groups excluding carboxylic acids is 4. The molecule has 1 saturated heterocycles. The number of rotatable bonds is 5. The summed E-state index contributed by atoms with van der Waals surface area (Å²) in [6.07, 6.45) is 2.73.